The summed E-state index contributed by atoms with van der Waals surface area (Å²) in [5.41, 5.74) is 2.24. The third-order valence-corrected chi connectivity index (χ3v) is 5.31. The molecule has 0 atom stereocenters. The van der Waals surface area contributed by atoms with Gasteiger partial charge in [-0.25, -0.2) is 9.97 Å². The standard InChI is InChI=1S/C8H14O2.C7H9NO2S.C7H11NS.3C2H6O.2CO2/c1-3-4-8(10)6-5-7(2)9;1-6-8-7(4-11-6)2-3-10-5-9;1-3-4-7-5-9-6(2)8-7;3*1-3-2;2*2-1-3/h3-6H2,1-2H3;4-5H,2-3H2,1H3;5H,3-4H2,1-2H3;3*1-2H3;;. The second kappa shape index (κ2) is 50.3. The highest BCUT2D eigenvalue weighted by atomic mass is 32.1. The quantitative estimate of drug-likeness (QED) is 0.231. The molecule has 0 radical (unpaired) electrons. The fourth-order valence-electron chi connectivity index (χ4n) is 2.23. The molecule has 15 heteroatoms. The van der Waals surface area contributed by atoms with E-state index in [2.05, 4.69) is 41.2 Å². The average molecular weight is 681 g/mol. The summed E-state index contributed by atoms with van der Waals surface area (Å²) in [4.78, 5) is 72.0. The molecule has 13 nitrogen and oxygen atoms in total. The van der Waals surface area contributed by atoms with Gasteiger partial charge in [-0.1, -0.05) is 20.3 Å². The highest BCUT2D eigenvalue weighted by Crippen LogP contribution is 2.09. The molecule has 0 aliphatic rings. The van der Waals surface area contributed by atoms with Crippen LogP contribution in [0, 0.1) is 13.8 Å². The van der Waals surface area contributed by atoms with E-state index in [1.807, 2.05) is 26.2 Å². The lowest BCUT2D eigenvalue weighted by Gasteiger charge is -1.93. The average Bonchev–Trinajstić information content (AvgIpc) is 3.58. The Morgan fingerprint density at radius 3 is 1.38 bits per heavy atom. The van der Waals surface area contributed by atoms with E-state index in [1.54, 1.807) is 65.3 Å². The summed E-state index contributed by atoms with van der Waals surface area (Å²) in [6, 6.07) is 0. The third kappa shape index (κ3) is 64.7. The van der Waals surface area contributed by atoms with Crippen molar-refractivity contribution in [2.45, 2.75) is 79.6 Å². The van der Waals surface area contributed by atoms with Crippen LogP contribution in [0.1, 0.15) is 74.3 Å². The summed E-state index contributed by atoms with van der Waals surface area (Å²) in [7, 11) is 9.75. The van der Waals surface area contributed by atoms with Crippen molar-refractivity contribution in [3.63, 3.8) is 0 Å². The van der Waals surface area contributed by atoms with Crippen molar-refractivity contribution in [2.24, 2.45) is 0 Å². The number of nitrogens with zero attached hydrogens (tertiary/aromatic N) is 2. The van der Waals surface area contributed by atoms with Gasteiger partial charge in [0.25, 0.3) is 6.47 Å². The predicted molar refractivity (Wildman–Crippen MR) is 172 cm³/mol. The topological polar surface area (TPSA) is 182 Å². The molecular weight excluding hydrogens is 628 g/mol. The van der Waals surface area contributed by atoms with Crippen molar-refractivity contribution in [1.82, 2.24) is 9.97 Å². The van der Waals surface area contributed by atoms with Crippen molar-refractivity contribution < 1.29 is 52.5 Å². The number of aromatic nitrogens is 2. The maximum absolute atomic E-state index is 10.8. The lowest BCUT2D eigenvalue weighted by molar-refractivity contribution is -0.193. The van der Waals surface area contributed by atoms with E-state index < -0.39 is 0 Å². The number of carbonyl (C=O) groups is 3. The zero-order chi connectivity index (χ0) is 36.3. The Morgan fingerprint density at radius 2 is 1.11 bits per heavy atom. The Hall–Kier alpha value is -3.29. The van der Waals surface area contributed by atoms with Crippen molar-refractivity contribution >= 4 is 53.0 Å². The molecule has 2 aromatic heterocycles. The van der Waals surface area contributed by atoms with Gasteiger partial charge in [0.2, 0.25) is 0 Å². The van der Waals surface area contributed by atoms with Crippen LogP contribution in [0.2, 0.25) is 0 Å². The van der Waals surface area contributed by atoms with Gasteiger partial charge in [0, 0.05) is 79.1 Å². The molecule has 0 N–H and O–H groups in total. The van der Waals surface area contributed by atoms with Gasteiger partial charge in [-0.3, -0.25) is 9.59 Å². The zero-order valence-corrected chi connectivity index (χ0v) is 30.2. The van der Waals surface area contributed by atoms with E-state index in [0.29, 0.717) is 38.8 Å². The zero-order valence-electron chi connectivity index (χ0n) is 28.6. The number of Topliss-reactive ketones (excluding diaryl/α,β-unsaturated/α-hetero) is 2. The van der Waals surface area contributed by atoms with Crippen LogP contribution in [0.4, 0.5) is 0 Å². The number of hydrogen-bond acceptors (Lipinski definition) is 15. The molecule has 45 heavy (non-hydrogen) atoms. The number of rotatable bonds is 11. The molecule has 0 aliphatic carbocycles. The van der Waals surface area contributed by atoms with Gasteiger partial charge in [0.05, 0.1) is 28.0 Å². The van der Waals surface area contributed by atoms with Crippen molar-refractivity contribution in [2.75, 3.05) is 49.3 Å². The molecule has 2 rings (SSSR count). The maximum Gasteiger partial charge on any atom is 0.373 e. The van der Waals surface area contributed by atoms with Gasteiger partial charge in [-0.05, 0) is 33.6 Å². The number of carbonyl (C=O) groups excluding carboxylic acids is 7. The number of ketones is 2. The first-order valence-electron chi connectivity index (χ1n) is 13.5. The molecule has 0 saturated carbocycles. The normalized spacial score (nSPS) is 7.98. The van der Waals surface area contributed by atoms with Gasteiger partial charge in [0.15, 0.2) is 0 Å². The summed E-state index contributed by atoms with van der Waals surface area (Å²) in [6.45, 7) is 10.5. The third-order valence-electron chi connectivity index (χ3n) is 3.67. The second-order valence-electron chi connectivity index (χ2n) is 8.06. The smallest absolute Gasteiger partial charge is 0.373 e. The summed E-state index contributed by atoms with van der Waals surface area (Å²) < 4.78 is 17.3. The van der Waals surface area contributed by atoms with E-state index in [1.165, 1.54) is 24.0 Å². The molecule has 0 fully saturated rings. The van der Waals surface area contributed by atoms with E-state index in [-0.39, 0.29) is 23.9 Å². The molecule has 0 saturated heterocycles. The second-order valence-corrected chi connectivity index (χ2v) is 10.2. The van der Waals surface area contributed by atoms with Gasteiger partial charge < -0.3 is 23.7 Å². The summed E-state index contributed by atoms with van der Waals surface area (Å²) in [5.74, 6) is 0.308. The minimum Gasteiger partial charge on any atom is -0.467 e. The molecule has 0 aliphatic heterocycles. The Morgan fingerprint density at radius 1 is 0.733 bits per heavy atom. The number of hydrogen-bond donors (Lipinski definition) is 0. The van der Waals surface area contributed by atoms with E-state index in [9.17, 15) is 14.4 Å². The number of aryl methyl sites for hydroxylation is 3. The lowest BCUT2D eigenvalue weighted by Crippen LogP contribution is -2.00. The number of methoxy groups -OCH3 is 3. The molecular formula is C30H52N2O11S2. The monoisotopic (exact) mass is 680 g/mol. The first kappa shape index (κ1) is 54.2. The van der Waals surface area contributed by atoms with Gasteiger partial charge in [0.1, 0.15) is 11.6 Å². The summed E-state index contributed by atoms with van der Waals surface area (Å²) >= 11 is 3.34. The lowest BCUT2D eigenvalue weighted by atomic mass is 10.1. The van der Waals surface area contributed by atoms with Crippen LogP contribution < -0.4 is 0 Å². The largest absolute Gasteiger partial charge is 0.467 e. The Balaban J connectivity index is -0.000000104. The van der Waals surface area contributed by atoms with Gasteiger partial charge in [-0.15, -0.1) is 22.7 Å². The van der Waals surface area contributed by atoms with Crippen molar-refractivity contribution in [1.29, 1.82) is 0 Å². The molecule has 260 valence electrons. The fourth-order valence-corrected chi connectivity index (χ4v) is 3.53. The molecule has 2 aromatic rings. The highest BCUT2D eigenvalue weighted by molar-refractivity contribution is 7.09. The van der Waals surface area contributed by atoms with Gasteiger partial charge in [-0.2, -0.15) is 19.2 Å². The minimum absolute atomic E-state index is 0.101. The summed E-state index contributed by atoms with van der Waals surface area (Å²) in [5, 5.41) is 6.34. The highest BCUT2D eigenvalue weighted by Gasteiger charge is 2.01. The molecule has 0 spiro atoms. The van der Waals surface area contributed by atoms with Crippen LogP contribution in [0.15, 0.2) is 10.8 Å². The van der Waals surface area contributed by atoms with Crippen LogP contribution >= 0.6 is 22.7 Å². The van der Waals surface area contributed by atoms with E-state index >= 15 is 0 Å². The molecule has 2 heterocycles. The van der Waals surface area contributed by atoms with Crippen LogP contribution in [0.25, 0.3) is 0 Å². The Bertz CT molecular complexity index is 952. The van der Waals surface area contributed by atoms with Crippen molar-refractivity contribution in [3.05, 3.63) is 32.2 Å². The van der Waals surface area contributed by atoms with Gasteiger partial charge >= 0.3 is 12.3 Å². The Labute approximate surface area is 276 Å². The molecule has 0 bridgehead atoms. The minimum atomic E-state index is 0.101. The van der Waals surface area contributed by atoms with E-state index in [0.717, 1.165) is 23.5 Å². The SMILES string of the molecule is CCCC(=O)CCC(C)=O.CCCc1csc(C)n1.COC.COC.COC.Cc1nc(CCOC=O)cs1.O=C=O.O=C=O. The molecule has 0 unspecified atom stereocenters. The predicted octanol–water partition coefficient (Wildman–Crippen LogP) is 4.92. The number of ether oxygens (including phenoxy) is 4. The summed E-state index contributed by atoms with van der Waals surface area (Å²) in [6.07, 6.45) is 5.89. The molecule has 0 amide bonds. The first-order chi connectivity index (χ1) is 21.4. The van der Waals surface area contributed by atoms with E-state index in [4.69, 9.17) is 19.2 Å². The maximum atomic E-state index is 10.8. The first-order valence-corrected chi connectivity index (χ1v) is 15.2. The number of thiazole rings is 2. The van der Waals surface area contributed by atoms with Crippen LogP contribution in [-0.4, -0.2) is 89.6 Å². The Kier molecular flexibility index (Phi) is 60.6. The fraction of sp³-hybridized carbons (Fsp3) is 0.633. The van der Waals surface area contributed by atoms with Crippen LogP contribution in [0.5, 0.6) is 0 Å². The van der Waals surface area contributed by atoms with Crippen LogP contribution in [0.3, 0.4) is 0 Å². The van der Waals surface area contributed by atoms with Crippen molar-refractivity contribution in [3.8, 4) is 0 Å². The molecule has 0 aromatic carbocycles. The van der Waals surface area contributed by atoms with Crippen LogP contribution in [-0.2, 0) is 65.4 Å².